The Morgan fingerprint density at radius 2 is 1.00 bits per heavy atom. The fourth-order valence-corrected chi connectivity index (χ4v) is 7.90. The summed E-state index contributed by atoms with van der Waals surface area (Å²) in [6.45, 7) is 13.8. The van der Waals surface area contributed by atoms with Crippen molar-refractivity contribution in [3.8, 4) is 0 Å². The van der Waals surface area contributed by atoms with Gasteiger partial charge in [0, 0.05) is 30.5 Å². The van der Waals surface area contributed by atoms with Gasteiger partial charge in [0.05, 0.1) is 31.7 Å². The summed E-state index contributed by atoms with van der Waals surface area (Å²) < 4.78 is 0. The number of nitrogens with zero attached hydrogens (tertiary/aromatic N) is 1. The third-order valence-corrected chi connectivity index (χ3v) is 13.4. The predicted molar refractivity (Wildman–Crippen MR) is 294 cm³/mol. The molecule has 14 atom stereocenters. The lowest BCUT2D eigenvalue weighted by Crippen LogP contribution is -2.63. The molecule has 0 aliphatic rings. The zero-order chi connectivity index (χ0) is 62.0. The second-order valence-electron chi connectivity index (χ2n) is 20.6. The standard InChI is InChI=1S/C50H86N14O16S/c1-11-24(7)37(48(77)60-34(20-81)45(74)58-32(18-65)44(73)59-33(19-66)50(79)80)62-40(69)26(9)55-43(72)31(15-22(3)4)57-49(78)39(27(10)67)64-46(75)36(23(5)6)61-42(71)30(13-14-35(52)68)56-47(76)38(25(8)12-2)63-41(70)29(51)16-28-17-53-21-54-28/h17,21-27,29-34,36-39,65-67,81H,11-16,18-20,51H2,1-10H3,(H2,52,68)(H,53,54)(H,55,72)(H,56,76)(H,57,78)(H,58,74)(H,59,73)(H,60,77)(H,61,71)(H,62,69)(H,63,70)(H,64,75)(H,79,80)/t24-,25-,26-,27+,29-,30-,31-,32-,33-,34-,36-,37-,38-,39-/m0/s1. The minimum absolute atomic E-state index is 0.0273. The molecule has 19 N–H and O–H groups in total. The first-order valence-electron chi connectivity index (χ1n) is 26.7. The second-order valence-corrected chi connectivity index (χ2v) is 21.0. The van der Waals surface area contributed by atoms with Gasteiger partial charge in [0.2, 0.25) is 65.0 Å². The van der Waals surface area contributed by atoms with Crippen LogP contribution < -0.4 is 64.6 Å². The van der Waals surface area contributed by atoms with Gasteiger partial charge in [0.1, 0.15) is 60.4 Å². The number of primary amides is 1. The van der Waals surface area contributed by atoms with E-state index in [4.69, 9.17) is 16.6 Å². The van der Waals surface area contributed by atoms with Gasteiger partial charge in [0.25, 0.3) is 0 Å². The van der Waals surface area contributed by atoms with Crippen LogP contribution in [-0.4, -0.2) is 193 Å². The van der Waals surface area contributed by atoms with Crippen LogP contribution in [-0.2, 0) is 64.0 Å². The number of amides is 11. The molecule has 458 valence electrons. The predicted octanol–water partition coefficient (Wildman–Crippen LogP) is -5.41. The van der Waals surface area contributed by atoms with E-state index in [1.165, 1.54) is 26.4 Å². The largest absolute Gasteiger partial charge is 0.480 e. The number of imidazole rings is 1. The van der Waals surface area contributed by atoms with Gasteiger partial charge in [-0.3, -0.25) is 52.7 Å². The van der Waals surface area contributed by atoms with Gasteiger partial charge in [-0.25, -0.2) is 9.78 Å². The minimum atomic E-state index is -1.75. The van der Waals surface area contributed by atoms with Crippen LogP contribution in [0.3, 0.4) is 0 Å². The van der Waals surface area contributed by atoms with E-state index >= 15 is 0 Å². The molecule has 81 heavy (non-hydrogen) atoms. The molecule has 1 rings (SSSR count). The number of hydrogen-bond acceptors (Lipinski definition) is 18. The van der Waals surface area contributed by atoms with Gasteiger partial charge < -0.3 is 90.0 Å². The van der Waals surface area contributed by atoms with E-state index in [0.717, 1.165) is 0 Å². The molecule has 0 saturated carbocycles. The number of aliphatic carboxylic acids is 1. The average molecular weight is 1170 g/mol. The van der Waals surface area contributed by atoms with Gasteiger partial charge in [0.15, 0.2) is 0 Å². The lowest BCUT2D eigenvalue weighted by Gasteiger charge is -2.30. The van der Waals surface area contributed by atoms with Crippen molar-refractivity contribution >= 4 is 83.6 Å². The Balaban J connectivity index is 3.27. The monoisotopic (exact) mass is 1170 g/mol. The highest BCUT2D eigenvalue weighted by atomic mass is 32.1. The molecule has 0 spiro atoms. The quantitative estimate of drug-likeness (QED) is 0.0277. The summed E-state index contributed by atoms with van der Waals surface area (Å²) in [5, 5.41) is 63.2. The van der Waals surface area contributed by atoms with E-state index in [-0.39, 0.29) is 37.4 Å². The number of carboxylic acids is 1. The van der Waals surface area contributed by atoms with E-state index in [0.29, 0.717) is 18.5 Å². The maximum atomic E-state index is 14.0. The first kappa shape index (κ1) is 72.1. The number of rotatable bonds is 37. The number of carbonyl (C=O) groups is 12. The lowest BCUT2D eigenvalue weighted by molar-refractivity contribution is -0.143. The van der Waals surface area contributed by atoms with Crippen molar-refractivity contribution in [3.05, 3.63) is 18.2 Å². The van der Waals surface area contributed by atoms with E-state index in [1.54, 1.807) is 55.4 Å². The summed E-state index contributed by atoms with van der Waals surface area (Å²) >= 11 is 4.11. The van der Waals surface area contributed by atoms with Crippen molar-refractivity contribution in [1.82, 2.24) is 63.1 Å². The van der Waals surface area contributed by atoms with Crippen molar-refractivity contribution < 1.29 is 78.0 Å². The molecule has 11 amide bonds. The number of thiol groups is 1. The molecule has 0 aliphatic carbocycles. The summed E-state index contributed by atoms with van der Waals surface area (Å²) in [4.78, 5) is 166. The number of aliphatic hydroxyl groups is 3. The lowest BCUT2D eigenvalue weighted by atomic mass is 9.96. The molecule has 0 aliphatic heterocycles. The number of nitrogens with one attached hydrogen (secondary N) is 11. The van der Waals surface area contributed by atoms with Gasteiger partial charge in [-0.05, 0) is 50.4 Å². The molecular formula is C50H86N14O16S. The highest BCUT2D eigenvalue weighted by Gasteiger charge is 2.38. The molecule has 31 heteroatoms. The SMILES string of the molecule is CC[C@H](C)[C@H](NC(=O)[C@H](C)NC(=O)[C@H](CC(C)C)NC(=O)[C@@H](NC(=O)[C@@H](NC(=O)[C@H](CCC(N)=O)NC(=O)[C@@H](NC(=O)[C@@H](N)Cc1cnc[nH]1)[C@@H](C)CC)C(C)C)[C@@H](C)O)C(=O)N[C@@H](CS)C(=O)N[C@@H](CO)C(=O)N[C@@H](CO)C(=O)O. The summed E-state index contributed by atoms with van der Waals surface area (Å²) in [5.41, 5.74) is 12.1. The highest BCUT2D eigenvalue weighted by Crippen LogP contribution is 2.14. The Morgan fingerprint density at radius 3 is 1.46 bits per heavy atom. The molecular weight excluding hydrogens is 1080 g/mol. The van der Waals surface area contributed by atoms with Crippen LogP contribution in [0.25, 0.3) is 0 Å². The minimum Gasteiger partial charge on any atom is -0.480 e. The van der Waals surface area contributed by atoms with Crippen molar-refractivity contribution in [2.75, 3.05) is 19.0 Å². The molecule has 0 radical (unpaired) electrons. The molecule has 30 nitrogen and oxygen atoms in total. The number of carbonyl (C=O) groups excluding carboxylic acids is 11. The van der Waals surface area contributed by atoms with Gasteiger partial charge in [-0.2, -0.15) is 12.6 Å². The maximum absolute atomic E-state index is 14.0. The Labute approximate surface area is 475 Å². The number of hydrogen-bond donors (Lipinski definition) is 18. The molecule has 0 bridgehead atoms. The molecule has 0 aromatic carbocycles. The summed E-state index contributed by atoms with van der Waals surface area (Å²) in [5.74, 6) is -14.0. The van der Waals surface area contributed by atoms with Crippen molar-refractivity contribution in [3.63, 3.8) is 0 Å². The molecule has 0 saturated heterocycles. The summed E-state index contributed by atoms with van der Waals surface area (Å²) in [7, 11) is 0. The normalized spacial score (nSPS) is 16.5. The van der Waals surface area contributed by atoms with Gasteiger partial charge in [-0.15, -0.1) is 0 Å². The maximum Gasteiger partial charge on any atom is 0.328 e. The van der Waals surface area contributed by atoms with Gasteiger partial charge in [-0.1, -0.05) is 68.2 Å². The second kappa shape index (κ2) is 35.7. The van der Waals surface area contributed by atoms with Crippen molar-refractivity contribution in [2.45, 2.75) is 180 Å². The Hall–Kier alpha value is -6.96. The third kappa shape index (κ3) is 24.3. The molecule has 1 aromatic heterocycles. The van der Waals surface area contributed by atoms with Crippen LogP contribution in [0.4, 0.5) is 0 Å². The van der Waals surface area contributed by atoms with Crippen molar-refractivity contribution in [2.24, 2.45) is 35.1 Å². The first-order chi connectivity index (χ1) is 37.9. The zero-order valence-corrected chi connectivity index (χ0v) is 48.4. The molecule has 1 heterocycles. The van der Waals surface area contributed by atoms with Crippen LogP contribution in [0.5, 0.6) is 0 Å². The smallest absolute Gasteiger partial charge is 0.328 e. The Bertz CT molecular complexity index is 2290. The Morgan fingerprint density at radius 1 is 0.568 bits per heavy atom. The van der Waals surface area contributed by atoms with Crippen LogP contribution in [0.2, 0.25) is 0 Å². The third-order valence-electron chi connectivity index (χ3n) is 13.1. The topological polar surface area (TPSA) is 487 Å². The van der Waals surface area contributed by atoms with Crippen LogP contribution >= 0.6 is 12.6 Å². The fourth-order valence-electron chi connectivity index (χ4n) is 7.65. The first-order valence-corrected chi connectivity index (χ1v) is 27.3. The number of carboxylic acid groups (broad SMARTS) is 1. The van der Waals surface area contributed by atoms with Crippen LogP contribution in [0.1, 0.15) is 107 Å². The van der Waals surface area contributed by atoms with Gasteiger partial charge >= 0.3 is 5.97 Å². The van der Waals surface area contributed by atoms with E-state index in [1.807, 2.05) is 5.32 Å². The summed E-state index contributed by atoms with van der Waals surface area (Å²) in [6.07, 6.45) is 1.35. The van der Waals surface area contributed by atoms with Crippen molar-refractivity contribution in [1.29, 1.82) is 0 Å². The van der Waals surface area contributed by atoms with Crippen LogP contribution in [0, 0.1) is 23.7 Å². The number of aliphatic hydroxyl groups excluding tert-OH is 3. The Kier molecular flexibility index (Phi) is 31.8. The van der Waals surface area contributed by atoms with E-state index in [9.17, 15) is 72.9 Å². The zero-order valence-electron chi connectivity index (χ0n) is 47.5. The number of aromatic nitrogens is 2. The summed E-state index contributed by atoms with van der Waals surface area (Å²) in [6, 6.07) is -16.0. The molecule has 0 unspecified atom stereocenters. The number of aromatic amines is 1. The van der Waals surface area contributed by atoms with E-state index in [2.05, 4.69) is 70.4 Å². The highest BCUT2D eigenvalue weighted by molar-refractivity contribution is 7.80. The number of H-pyrrole nitrogens is 1. The number of nitrogens with two attached hydrogens (primary N) is 2. The molecule has 1 aromatic rings. The van der Waals surface area contributed by atoms with Crippen LogP contribution in [0.15, 0.2) is 12.5 Å². The fraction of sp³-hybridized carbons (Fsp3) is 0.700. The van der Waals surface area contributed by atoms with E-state index < -0.39 is 174 Å². The average Bonchev–Trinajstić information content (AvgIpc) is 3.92. The molecule has 0 fully saturated rings.